The number of hydrogen-bond acceptors (Lipinski definition) is 5. The van der Waals surface area contributed by atoms with Gasteiger partial charge in [0.15, 0.2) is 5.03 Å². The molecule has 8 heteroatoms. The third-order valence-corrected chi connectivity index (χ3v) is 5.52. The number of nitrogens with zero attached hydrogens (tertiary/aromatic N) is 1. The molecule has 0 radical (unpaired) electrons. The quantitative estimate of drug-likeness (QED) is 0.724. The number of H-pyrrole nitrogens is 1. The normalized spacial score (nSPS) is 13.7. The third-order valence-electron chi connectivity index (χ3n) is 3.11. The summed E-state index contributed by atoms with van der Waals surface area (Å²) in [5.41, 5.74) is 0.624. The van der Waals surface area contributed by atoms with Crippen LogP contribution in [0.5, 0.6) is 0 Å². The van der Waals surface area contributed by atoms with Gasteiger partial charge in [0, 0.05) is 17.0 Å². The number of nitrogens with one attached hydrogen (secondary N) is 3. The molecule has 1 unspecified atom stereocenters. The summed E-state index contributed by atoms with van der Waals surface area (Å²) < 4.78 is 28.0. The fourth-order valence-electron chi connectivity index (χ4n) is 2.07. The van der Waals surface area contributed by atoms with E-state index in [9.17, 15) is 8.42 Å². The monoisotopic (exact) mass is 328 g/mol. The topological polar surface area (TPSA) is 86.9 Å². The standard InChI is InChI=1S/C13H20N4O2S2/c1-9(2)12(11-5-4-6-20-11)17-21(18,19)13-10(7-14-3)8-15-16-13/h4-6,8-9,12,14,17H,7H2,1-3H3,(H,15,16). The molecule has 2 aromatic heterocycles. The maximum Gasteiger partial charge on any atom is 0.258 e. The molecule has 2 aromatic rings. The first-order valence-corrected chi connectivity index (χ1v) is 9.04. The van der Waals surface area contributed by atoms with Crippen LogP contribution in [0.25, 0.3) is 0 Å². The van der Waals surface area contributed by atoms with Gasteiger partial charge in [0.25, 0.3) is 10.0 Å². The minimum atomic E-state index is -3.64. The summed E-state index contributed by atoms with van der Waals surface area (Å²) >= 11 is 1.55. The van der Waals surface area contributed by atoms with Crippen molar-refractivity contribution in [3.63, 3.8) is 0 Å². The van der Waals surface area contributed by atoms with Gasteiger partial charge in [0.05, 0.1) is 12.2 Å². The number of aromatic nitrogens is 2. The van der Waals surface area contributed by atoms with E-state index in [4.69, 9.17) is 0 Å². The van der Waals surface area contributed by atoms with Crippen molar-refractivity contribution >= 4 is 21.4 Å². The molecule has 2 rings (SSSR count). The second kappa shape index (κ2) is 6.69. The van der Waals surface area contributed by atoms with Gasteiger partial charge in [0.2, 0.25) is 0 Å². The Bertz CT molecular complexity index is 662. The average molecular weight is 328 g/mol. The second-order valence-electron chi connectivity index (χ2n) is 5.11. The predicted octanol–water partition coefficient (Wildman–Crippen LogP) is 1.87. The maximum absolute atomic E-state index is 12.6. The minimum Gasteiger partial charge on any atom is -0.316 e. The van der Waals surface area contributed by atoms with Crippen molar-refractivity contribution in [3.8, 4) is 0 Å². The second-order valence-corrected chi connectivity index (χ2v) is 7.74. The summed E-state index contributed by atoms with van der Waals surface area (Å²) in [5.74, 6) is 0.147. The lowest BCUT2D eigenvalue weighted by Gasteiger charge is -2.21. The molecule has 0 spiro atoms. The molecule has 0 fully saturated rings. The Hall–Kier alpha value is -1.22. The Kier molecular flexibility index (Phi) is 5.15. The van der Waals surface area contributed by atoms with Crippen LogP contribution in [-0.4, -0.2) is 25.7 Å². The summed E-state index contributed by atoms with van der Waals surface area (Å²) in [4.78, 5) is 1.00. The van der Waals surface area contributed by atoms with Gasteiger partial charge in [-0.2, -0.15) is 5.10 Å². The zero-order valence-electron chi connectivity index (χ0n) is 12.3. The molecule has 0 aliphatic carbocycles. The molecule has 6 nitrogen and oxygen atoms in total. The van der Waals surface area contributed by atoms with Gasteiger partial charge in [0.1, 0.15) is 0 Å². The van der Waals surface area contributed by atoms with Crippen molar-refractivity contribution in [1.29, 1.82) is 0 Å². The van der Waals surface area contributed by atoms with Crippen LogP contribution in [0.15, 0.2) is 28.7 Å². The first kappa shape index (κ1) is 16.2. The molecule has 1 atom stereocenters. The zero-order chi connectivity index (χ0) is 15.5. The van der Waals surface area contributed by atoms with Crippen LogP contribution in [0.1, 0.15) is 30.3 Å². The predicted molar refractivity (Wildman–Crippen MR) is 83.6 cm³/mol. The maximum atomic E-state index is 12.6. The molecule has 3 N–H and O–H groups in total. The lowest BCUT2D eigenvalue weighted by molar-refractivity contribution is 0.467. The molecule has 2 heterocycles. The molecule has 0 aliphatic heterocycles. The lowest BCUT2D eigenvalue weighted by atomic mass is 10.0. The first-order chi connectivity index (χ1) is 9.95. The van der Waals surface area contributed by atoms with Gasteiger partial charge >= 0.3 is 0 Å². The van der Waals surface area contributed by atoms with E-state index in [0.29, 0.717) is 12.1 Å². The van der Waals surface area contributed by atoms with Crippen LogP contribution in [0, 0.1) is 5.92 Å². The van der Waals surface area contributed by atoms with Gasteiger partial charge in [-0.1, -0.05) is 19.9 Å². The molecule has 0 amide bonds. The van der Waals surface area contributed by atoms with Gasteiger partial charge in [-0.3, -0.25) is 5.10 Å². The van der Waals surface area contributed by atoms with E-state index < -0.39 is 10.0 Å². The minimum absolute atomic E-state index is 0.124. The van der Waals surface area contributed by atoms with Crippen LogP contribution in [0.2, 0.25) is 0 Å². The summed E-state index contributed by atoms with van der Waals surface area (Å²) in [7, 11) is -1.88. The van der Waals surface area contributed by atoms with Gasteiger partial charge < -0.3 is 5.32 Å². The van der Waals surface area contributed by atoms with Gasteiger partial charge in [-0.25, -0.2) is 13.1 Å². The third kappa shape index (κ3) is 3.70. The van der Waals surface area contributed by atoms with Crippen molar-refractivity contribution in [2.45, 2.75) is 31.5 Å². The van der Waals surface area contributed by atoms with E-state index in [1.54, 1.807) is 18.4 Å². The van der Waals surface area contributed by atoms with Crippen LogP contribution < -0.4 is 10.0 Å². The molecular weight excluding hydrogens is 308 g/mol. The summed E-state index contributed by atoms with van der Waals surface area (Å²) in [6.07, 6.45) is 1.53. The van der Waals surface area contributed by atoms with E-state index in [1.807, 2.05) is 31.4 Å². The molecule has 116 valence electrons. The van der Waals surface area contributed by atoms with Crippen molar-refractivity contribution in [2.75, 3.05) is 7.05 Å². The lowest BCUT2D eigenvalue weighted by Crippen LogP contribution is -2.32. The molecule has 0 saturated carbocycles. The Morgan fingerprint density at radius 3 is 2.76 bits per heavy atom. The summed E-state index contributed by atoms with van der Waals surface area (Å²) in [6, 6.07) is 3.62. The number of thiophene rings is 1. The first-order valence-electron chi connectivity index (χ1n) is 6.68. The van der Waals surface area contributed by atoms with E-state index in [-0.39, 0.29) is 17.0 Å². The average Bonchev–Trinajstić information content (AvgIpc) is 3.07. The van der Waals surface area contributed by atoms with Crippen LogP contribution in [0.3, 0.4) is 0 Å². The van der Waals surface area contributed by atoms with E-state index in [1.165, 1.54) is 6.20 Å². The summed E-state index contributed by atoms with van der Waals surface area (Å²) in [5, 5.41) is 11.4. The highest BCUT2D eigenvalue weighted by Gasteiger charge is 2.27. The van der Waals surface area contributed by atoms with Gasteiger partial charge in [-0.15, -0.1) is 11.3 Å². The number of aromatic amines is 1. The number of rotatable bonds is 7. The highest BCUT2D eigenvalue weighted by molar-refractivity contribution is 7.89. The van der Waals surface area contributed by atoms with Crippen molar-refractivity contribution in [2.24, 2.45) is 5.92 Å². The molecule has 0 saturated heterocycles. The zero-order valence-corrected chi connectivity index (χ0v) is 13.9. The van der Waals surface area contributed by atoms with Gasteiger partial charge in [-0.05, 0) is 24.4 Å². The highest BCUT2D eigenvalue weighted by atomic mass is 32.2. The molecular formula is C13H20N4O2S2. The van der Waals surface area contributed by atoms with Crippen LogP contribution in [0.4, 0.5) is 0 Å². The van der Waals surface area contributed by atoms with Crippen molar-refractivity contribution in [1.82, 2.24) is 20.2 Å². The van der Waals surface area contributed by atoms with Crippen LogP contribution in [-0.2, 0) is 16.6 Å². The fourth-order valence-corrected chi connectivity index (χ4v) is 4.58. The largest absolute Gasteiger partial charge is 0.316 e. The number of hydrogen-bond donors (Lipinski definition) is 3. The Morgan fingerprint density at radius 1 is 1.43 bits per heavy atom. The highest BCUT2D eigenvalue weighted by Crippen LogP contribution is 2.27. The van der Waals surface area contributed by atoms with E-state index in [2.05, 4.69) is 20.2 Å². The summed E-state index contributed by atoms with van der Waals surface area (Å²) in [6.45, 7) is 4.43. The molecule has 0 aliphatic rings. The van der Waals surface area contributed by atoms with Crippen molar-refractivity contribution < 1.29 is 8.42 Å². The SMILES string of the molecule is CNCc1cn[nH]c1S(=O)(=O)NC(c1cccs1)C(C)C. The van der Waals surface area contributed by atoms with Crippen LogP contribution >= 0.6 is 11.3 Å². The van der Waals surface area contributed by atoms with Crippen molar-refractivity contribution in [3.05, 3.63) is 34.2 Å². The van der Waals surface area contributed by atoms with E-state index in [0.717, 1.165) is 4.88 Å². The Labute approximate surface area is 129 Å². The Morgan fingerprint density at radius 2 is 2.19 bits per heavy atom. The van der Waals surface area contributed by atoms with E-state index >= 15 is 0 Å². The smallest absolute Gasteiger partial charge is 0.258 e. The molecule has 21 heavy (non-hydrogen) atoms. The fraction of sp³-hybridized carbons (Fsp3) is 0.462. The molecule has 0 bridgehead atoms. The Balaban J connectivity index is 2.29. The molecule has 0 aromatic carbocycles. The number of sulfonamides is 1.